The van der Waals surface area contributed by atoms with Crippen LogP contribution >= 0.6 is 0 Å². The second-order valence-corrected chi connectivity index (χ2v) is 4.62. The van der Waals surface area contributed by atoms with E-state index in [0.717, 1.165) is 32.1 Å². The molecule has 0 bridgehead atoms. The Kier molecular flexibility index (Phi) is 8.44. The molecule has 0 aromatic rings. The normalized spacial score (nSPS) is 11.1. The van der Waals surface area contributed by atoms with Gasteiger partial charge >= 0.3 is 5.97 Å². The van der Waals surface area contributed by atoms with Crippen molar-refractivity contribution < 1.29 is 9.53 Å². The van der Waals surface area contributed by atoms with Crippen molar-refractivity contribution in [3.8, 4) is 0 Å². The van der Waals surface area contributed by atoms with Gasteiger partial charge in [-0.05, 0) is 25.2 Å². The predicted molar refractivity (Wildman–Crippen MR) is 63.8 cm³/mol. The molecule has 0 amide bonds. The molecule has 90 valence electrons. The second-order valence-electron chi connectivity index (χ2n) is 4.62. The first-order valence-electron chi connectivity index (χ1n) is 6.29. The van der Waals surface area contributed by atoms with Crippen LogP contribution in [-0.2, 0) is 9.53 Å². The highest BCUT2D eigenvalue weighted by atomic mass is 16.5. The summed E-state index contributed by atoms with van der Waals surface area (Å²) in [7, 11) is 0. The molecule has 0 rings (SSSR count). The molecule has 0 saturated carbocycles. The van der Waals surface area contributed by atoms with Gasteiger partial charge in [-0.25, -0.2) is 0 Å². The lowest BCUT2D eigenvalue weighted by Gasteiger charge is -2.16. The summed E-state index contributed by atoms with van der Waals surface area (Å²) < 4.78 is 5.44. The Hall–Kier alpha value is -0.530. The maximum Gasteiger partial charge on any atom is 0.306 e. The number of ether oxygens (including phenoxy) is 1. The third-order valence-corrected chi connectivity index (χ3v) is 2.45. The Labute approximate surface area is 94.4 Å². The van der Waals surface area contributed by atoms with E-state index in [1.165, 1.54) is 0 Å². The van der Waals surface area contributed by atoms with Crippen LogP contribution in [0, 0.1) is 5.92 Å². The molecule has 0 fully saturated rings. The Morgan fingerprint density at radius 3 is 2.00 bits per heavy atom. The summed E-state index contributed by atoms with van der Waals surface area (Å²) >= 11 is 0. The molecule has 0 aliphatic heterocycles. The van der Waals surface area contributed by atoms with E-state index in [1.807, 2.05) is 0 Å². The standard InChI is InChI=1S/C13H26O2/c1-5-7-12(8-6-2)15-13(14)10-9-11(3)4/h11-12H,5-10H2,1-4H3. The summed E-state index contributed by atoms with van der Waals surface area (Å²) in [6.07, 6.45) is 5.83. The SMILES string of the molecule is CCCC(CCC)OC(=O)CCC(C)C. The van der Waals surface area contributed by atoms with Gasteiger partial charge in [0.1, 0.15) is 6.10 Å². The number of carbonyl (C=O) groups is 1. The lowest BCUT2D eigenvalue weighted by atomic mass is 10.1. The van der Waals surface area contributed by atoms with Gasteiger partial charge in [-0.2, -0.15) is 0 Å². The van der Waals surface area contributed by atoms with Crippen LogP contribution in [0.1, 0.15) is 66.2 Å². The molecule has 0 aromatic carbocycles. The van der Waals surface area contributed by atoms with Gasteiger partial charge in [0, 0.05) is 6.42 Å². The van der Waals surface area contributed by atoms with Crippen LogP contribution in [0.25, 0.3) is 0 Å². The Balaban J connectivity index is 3.77. The first kappa shape index (κ1) is 14.5. The van der Waals surface area contributed by atoms with Crippen LogP contribution in [0.4, 0.5) is 0 Å². The van der Waals surface area contributed by atoms with Crippen molar-refractivity contribution in [1.82, 2.24) is 0 Å². The molecule has 0 atom stereocenters. The third kappa shape index (κ3) is 8.46. The highest BCUT2D eigenvalue weighted by Crippen LogP contribution is 2.12. The molecular weight excluding hydrogens is 188 g/mol. The molecule has 0 heterocycles. The monoisotopic (exact) mass is 214 g/mol. The highest BCUT2D eigenvalue weighted by Gasteiger charge is 2.12. The van der Waals surface area contributed by atoms with Crippen LogP contribution in [0.5, 0.6) is 0 Å². The van der Waals surface area contributed by atoms with Crippen LogP contribution in [-0.4, -0.2) is 12.1 Å². The topological polar surface area (TPSA) is 26.3 Å². The fourth-order valence-corrected chi connectivity index (χ4v) is 1.56. The summed E-state index contributed by atoms with van der Waals surface area (Å²) in [4.78, 5) is 11.5. The molecule has 0 spiro atoms. The van der Waals surface area contributed by atoms with Crippen LogP contribution in [0.3, 0.4) is 0 Å². The van der Waals surface area contributed by atoms with Gasteiger partial charge in [-0.1, -0.05) is 40.5 Å². The van der Waals surface area contributed by atoms with Crippen molar-refractivity contribution in [3.63, 3.8) is 0 Å². The first-order chi connectivity index (χ1) is 7.10. The number of esters is 1. The molecule has 0 aliphatic carbocycles. The van der Waals surface area contributed by atoms with Gasteiger partial charge in [0.15, 0.2) is 0 Å². The van der Waals surface area contributed by atoms with Gasteiger partial charge in [-0.15, -0.1) is 0 Å². The van der Waals surface area contributed by atoms with E-state index in [9.17, 15) is 4.79 Å². The van der Waals surface area contributed by atoms with E-state index in [1.54, 1.807) is 0 Å². The zero-order valence-corrected chi connectivity index (χ0v) is 10.7. The zero-order chi connectivity index (χ0) is 11.7. The molecule has 0 aliphatic rings. The average molecular weight is 214 g/mol. The first-order valence-corrected chi connectivity index (χ1v) is 6.29. The van der Waals surface area contributed by atoms with Crippen LogP contribution in [0.15, 0.2) is 0 Å². The van der Waals surface area contributed by atoms with Gasteiger partial charge < -0.3 is 4.74 Å². The van der Waals surface area contributed by atoms with E-state index in [2.05, 4.69) is 27.7 Å². The molecule has 0 aromatic heterocycles. The Bertz CT molecular complexity index is 158. The molecule has 0 radical (unpaired) electrons. The minimum atomic E-state index is -0.0180. The van der Waals surface area contributed by atoms with Crippen molar-refractivity contribution in [1.29, 1.82) is 0 Å². The van der Waals surface area contributed by atoms with Gasteiger partial charge in [0.2, 0.25) is 0 Å². The van der Waals surface area contributed by atoms with Crippen molar-refractivity contribution in [2.45, 2.75) is 72.3 Å². The Morgan fingerprint density at radius 1 is 1.07 bits per heavy atom. The van der Waals surface area contributed by atoms with Gasteiger partial charge in [-0.3, -0.25) is 4.79 Å². The van der Waals surface area contributed by atoms with E-state index in [-0.39, 0.29) is 12.1 Å². The molecular formula is C13H26O2. The molecule has 15 heavy (non-hydrogen) atoms. The number of hydrogen-bond donors (Lipinski definition) is 0. The molecule has 0 saturated heterocycles. The zero-order valence-electron chi connectivity index (χ0n) is 10.7. The van der Waals surface area contributed by atoms with Crippen LogP contribution in [0.2, 0.25) is 0 Å². The molecule has 2 heteroatoms. The lowest BCUT2D eigenvalue weighted by Crippen LogP contribution is -2.18. The number of hydrogen-bond acceptors (Lipinski definition) is 2. The van der Waals surface area contributed by atoms with E-state index < -0.39 is 0 Å². The van der Waals surface area contributed by atoms with Crippen LogP contribution < -0.4 is 0 Å². The summed E-state index contributed by atoms with van der Waals surface area (Å²) in [6, 6.07) is 0. The van der Waals surface area contributed by atoms with Crippen molar-refractivity contribution >= 4 is 5.97 Å². The van der Waals surface area contributed by atoms with Crippen molar-refractivity contribution in [3.05, 3.63) is 0 Å². The summed E-state index contributed by atoms with van der Waals surface area (Å²) in [6.45, 7) is 8.51. The minimum Gasteiger partial charge on any atom is -0.462 e. The van der Waals surface area contributed by atoms with Crippen molar-refractivity contribution in [2.24, 2.45) is 5.92 Å². The quantitative estimate of drug-likeness (QED) is 0.572. The highest BCUT2D eigenvalue weighted by molar-refractivity contribution is 5.69. The smallest absolute Gasteiger partial charge is 0.306 e. The largest absolute Gasteiger partial charge is 0.462 e. The predicted octanol–water partition coefficient (Wildman–Crippen LogP) is 3.93. The molecule has 0 unspecified atom stereocenters. The van der Waals surface area contributed by atoms with Crippen molar-refractivity contribution in [2.75, 3.05) is 0 Å². The van der Waals surface area contributed by atoms with E-state index in [0.29, 0.717) is 12.3 Å². The Morgan fingerprint density at radius 2 is 1.60 bits per heavy atom. The minimum absolute atomic E-state index is 0.0180. The second kappa shape index (κ2) is 8.75. The molecule has 2 nitrogen and oxygen atoms in total. The van der Waals surface area contributed by atoms with E-state index >= 15 is 0 Å². The maximum atomic E-state index is 11.5. The van der Waals surface area contributed by atoms with Gasteiger partial charge in [0.25, 0.3) is 0 Å². The summed E-state index contributed by atoms with van der Waals surface area (Å²) in [5.41, 5.74) is 0. The fraction of sp³-hybridized carbons (Fsp3) is 0.923. The maximum absolute atomic E-state index is 11.5. The third-order valence-electron chi connectivity index (χ3n) is 2.45. The lowest BCUT2D eigenvalue weighted by molar-refractivity contribution is -0.150. The van der Waals surface area contributed by atoms with E-state index in [4.69, 9.17) is 4.74 Å². The average Bonchev–Trinajstić information content (AvgIpc) is 2.15. The number of rotatable bonds is 8. The summed E-state index contributed by atoms with van der Waals surface area (Å²) in [5.74, 6) is 0.559. The fourth-order valence-electron chi connectivity index (χ4n) is 1.56. The number of carbonyl (C=O) groups excluding carboxylic acids is 1. The molecule has 0 N–H and O–H groups in total. The summed E-state index contributed by atoms with van der Waals surface area (Å²) in [5, 5.41) is 0. The van der Waals surface area contributed by atoms with Gasteiger partial charge in [0.05, 0.1) is 0 Å².